The molecule has 0 aliphatic carbocycles. The number of rotatable bonds is 4. The van der Waals surface area contributed by atoms with E-state index in [0.29, 0.717) is 10.2 Å². The van der Waals surface area contributed by atoms with Gasteiger partial charge in [-0.25, -0.2) is 4.98 Å². The third kappa shape index (κ3) is 3.54. The van der Waals surface area contributed by atoms with Gasteiger partial charge in [-0.2, -0.15) is 0 Å². The second-order valence-corrected chi connectivity index (χ2v) is 7.22. The molecule has 1 heterocycles. The average Bonchev–Trinajstić information content (AvgIpc) is 2.91. The maximum absolute atomic E-state index is 12.7. The first-order chi connectivity index (χ1) is 11.0. The molecule has 3 rings (SSSR count). The Morgan fingerprint density at radius 3 is 2.48 bits per heavy atom. The number of aromatic nitrogens is 1. The molecule has 3 aromatic rings. The third-order valence-corrected chi connectivity index (χ3v) is 4.91. The fourth-order valence-electron chi connectivity index (χ4n) is 2.62. The molecule has 0 saturated heterocycles. The van der Waals surface area contributed by atoms with Gasteiger partial charge in [0.2, 0.25) is 5.91 Å². The number of carbonyl (C=O) groups excluding carboxylic acids is 1. The predicted octanol–water partition coefficient (Wildman–Crippen LogP) is 5.33. The SMILES string of the molecule is CC(C)C(C(=O)Nc1nc2ccccc2s1)c1ccc(Cl)cc1. The van der Waals surface area contributed by atoms with Crippen molar-refractivity contribution in [3.05, 3.63) is 59.1 Å². The van der Waals surface area contributed by atoms with Gasteiger partial charge in [0.05, 0.1) is 16.1 Å². The van der Waals surface area contributed by atoms with Crippen molar-refractivity contribution < 1.29 is 4.79 Å². The van der Waals surface area contributed by atoms with E-state index in [1.165, 1.54) is 11.3 Å². The van der Waals surface area contributed by atoms with Crippen LogP contribution in [0.5, 0.6) is 0 Å². The molecule has 3 nitrogen and oxygen atoms in total. The van der Waals surface area contributed by atoms with Gasteiger partial charge < -0.3 is 5.32 Å². The Labute approximate surface area is 144 Å². The number of hydrogen-bond donors (Lipinski definition) is 1. The lowest BCUT2D eigenvalue weighted by atomic mass is 9.88. The highest BCUT2D eigenvalue weighted by atomic mass is 35.5. The van der Waals surface area contributed by atoms with Crippen LogP contribution in [0.4, 0.5) is 5.13 Å². The molecule has 0 saturated carbocycles. The van der Waals surface area contributed by atoms with Gasteiger partial charge in [0.15, 0.2) is 5.13 Å². The number of carbonyl (C=O) groups is 1. The summed E-state index contributed by atoms with van der Waals surface area (Å²) in [7, 11) is 0. The van der Waals surface area contributed by atoms with Crippen molar-refractivity contribution in [2.24, 2.45) is 5.92 Å². The number of fused-ring (bicyclic) bond motifs is 1. The molecule has 5 heteroatoms. The second kappa shape index (κ2) is 6.69. The largest absolute Gasteiger partial charge is 0.301 e. The molecule has 1 aromatic heterocycles. The average molecular weight is 345 g/mol. The molecule has 0 aliphatic rings. The van der Waals surface area contributed by atoms with Gasteiger partial charge in [0.25, 0.3) is 0 Å². The van der Waals surface area contributed by atoms with Crippen LogP contribution in [0.15, 0.2) is 48.5 Å². The van der Waals surface area contributed by atoms with E-state index >= 15 is 0 Å². The van der Waals surface area contributed by atoms with Crippen LogP contribution in [0.25, 0.3) is 10.2 Å². The van der Waals surface area contributed by atoms with Gasteiger partial charge in [0, 0.05) is 5.02 Å². The molecule has 2 aromatic carbocycles. The predicted molar refractivity (Wildman–Crippen MR) is 97.3 cm³/mol. The van der Waals surface area contributed by atoms with Crippen LogP contribution >= 0.6 is 22.9 Å². The monoisotopic (exact) mass is 344 g/mol. The number of thiazole rings is 1. The molecule has 0 spiro atoms. The van der Waals surface area contributed by atoms with Crippen LogP contribution in [0, 0.1) is 5.92 Å². The molecule has 1 unspecified atom stereocenters. The number of nitrogens with one attached hydrogen (secondary N) is 1. The topological polar surface area (TPSA) is 42.0 Å². The van der Waals surface area contributed by atoms with Gasteiger partial charge in [-0.05, 0) is 35.7 Å². The van der Waals surface area contributed by atoms with Gasteiger partial charge >= 0.3 is 0 Å². The van der Waals surface area contributed by atoms with Crippen LogP contribution in [0.2, 0.25) is 5.02 Å². The molecular formula is C18H17ClN2OS. The Balaban J connectivity index is 1.85. The van der Waals surface area contributed by atoms with E-state index in [2.05, 4.69) is 10.3 Å². The van der Waals surface area contributed by atoms with Crippen LogP contribution in [0.1, 0.15) is 25.3 Å². The Bertz CT molecular complexity index is 793. The van der Waals surface area contributed by atoms with Crippen molar-refractivity contribution in [1.29, 1.82) is 0 Å². The van der Waals surface area contributed by atoms with Crippen LogP contribution in [-0.2, 0) is 4.79 Å². The first-order valence-corrected chi connectivity index (χ1v) is 8.66. The summed E-state index contributed by atoms with van der Waals surface area (Å²) in [6.07, 6.45) is 0. The minimum Gasteiger partial charge on any atom is -0.301 e. The molecule has 1 N–H and O–H groups in total. The minimum absolute atomic E-state index is 0.0404. The Morgan fingerprint density at radius 2 is 1.83 bits per heavy atom. The number of hydrogen-bond acceptors (Lipinski definition) is 3. The Kier molecular flexibility index (Phi) is 4.64. The number of benzene rings is 2. The van der Waals surface area contributed by atoms with Gasteiger partial charge in [-0.15, -0.1) is 0 Å². The molecule has 0 aliphatic heterocycles. The molecule has 118 valence electrons. The lowest BCUT2D eigenvalue weighted by Crippen LogP contribution is -2.25. The Morgan fingerprint density at radius 1 is 1.13 bits per heavy atom. The molecule has 0 bridgehead atoms. The van der Waals surface area contributed by atoms with Crippen molar-refractivity contribution in [2.75, 3.05) is 5.32 Å². The summed E-state index contributed by atoms with van der Waals surface area (Å²) in [6.45, 7) is 4.08. The summed E-state index contributed by atoms with van der Waals surface area (Å²) in [5, 5.41) is 4.27. The van der Waals surface area contributed by atoms with Crippen LogP contribution in [-0.4, -0.2) is 10.9 Å². The normalized spacial score (nSPS) is 12.5. The summed E-state index contributed by atoms with van der Waals surface area (Å²) < 4.78 is 1.07. The standard InChI is InChI=1S/C18H17ClN2OS/c1-11(2)16(12-7-9-13(19)10-8-12)17(22)21-18-20-14-5-3-4-6-15(14)23-18/h3-11,16H,1-2H3,(H,20,21,22). The Hall–Kier alpha value is -1.91. The van der Waals surface area contributed by atoms with Crippen molar-refractivity contribution >= 4 is 44.2 Å². The molecule has 0 radical (unpaired) electrons. The molecule has 1 atom stereocenters. The van der Waals surface area contributed by atoms with E-state index in [1.54, 1.807) is 0 Å². The quantitative estimate of drug-likeness (QED) is 0.695. The highest BCUT2D eigenvalue weighted by Gasteiger charge is 2.25. The zero-order valence-corrected chi connectivity index (χ0v) is 14.5. The molecule has 23 heavy (non-hydrogen) atoms. The van der Waals surface area contributed by atoms with Gasteiger partial charge in [-0.3, -0.25) is 4.79 Å². The lowest BCUT2D eigenvalue weighted by molar-refractivity contribution is -0.118. The second-order valence-electron chi connectivity index (χ2n) is 5.75. The molecule has 1 amide bonds. The van der Waals surface area contributed by atoms with E-state index in [-0.39, 0.29) is 17.7 Å². The molecular weight excluding hydrogens is 328 g/mol. The van der Waals surface area contributed by atoms with Gasteiger partial charge in [-0.1, -0.05) is 61.1 Å². The highest BCUT2D eigenvalue weighted by molar-refractivity contribution is 7.22. The summed E-state index contributed by atoms with van der Waals surface area (Å²) in [5.74, 6) is -0.105. The van der Waals surface area contributed by atoms with Crippen molar-refractivity contribution in [3.63, 3.8) is 0 Å². The van der Waals surface area contributed by atoms with E-state index < -0.39 is 0 Å². The summed E-state index contributed by atoms with van der Waals surface area (Å²) in [5.41, 5.74) is 1.86. The summed E-state index contributed by atoms with van der Waals surface area (Å²) >= 11 is 7.43. The lowest BCUT2D eigenvalue weighted by Gasteiger charge is -2.20. The van der Waals surface area contributed by atoms with Crippen LogP contribution < -0.4 is 5.32 Å². The fourth-order valence-corrected chi connectivity index (χ4v) is 3.61. The maximum Gasteiger partial charge on any atom is 0.233 e. The number of anilines is 1. The zero-order valence-electron chi connectivity index (χ0n) is 12.9. The highest BCUT2D eigenvalue weighted by Crippen LogP contribution is 2.30. The first-order valence-electron chi connectivity index (χ1n) is 7.46. The van der Waals surface area contributed by atoms with Crippen molar-refractivity contribution in [1.82, 2.24) is 4.98 Å². The fraction of sp³-hybridized carbons (Fsp3) is 0.222. The number of para-hydroxylation sites is 1. The van der Waals surface area contributed by atoms with Crippen molar-refractivity contribution in [3.8, 4) is 0 Å². The van der Waals surface area contributed by atoms with E-state index in [1.807, 2.05) is 62.4 Å². The van der Waals surface area contributed by atoms with E-state index in [9.17, 15) is 4.79 Å². The van der Waals surface area contributed by atoms with E-state index in [0.717, 1.165) is 15.8 Å². The van der Waals surface area contributed by atoms with E-state index in [4.69, 9.17) is 11.6 Å². The minimum atomic E-state index is -0.237. The van der Waals surface area contributed by atoms with Gasteiger partial charge in [0.1, 0.15) is 0 Å². The van der Waals surface area contributed by atoms with Crippen LogP contribution in [0.3, 0.4) is 0 Å². The third-order valence-electron chi connectivity index (χ3n) is 3.70. The zero-order chi connectivity index (χ0) is 16.4. The smallest absolute Gasteiger partial charge is 0.233 e. The van der Waals surface area contributed by atoms with Crippen molar-refractivity contribution in [2.45, 2.75) is 19.8 Å². The molecule has 0 fully saturated rings. The summed E-state index contributed by atoms with van der Waals surface area (Å²) in [4.78, 5) is 17.2. The maximum atomic E-state index is 12.7. The number of nitrogens with zero attached hydrogens (tertiary/aromatic N) is 1. The number of halogens is 1. The first kappa shape index (κ1) is 16.0. The number of amides is 1. The summed E-state index contributed by atoms with van der Waals surface area (Å²) in [6, 6.07) is 15.3.